The maximum Gasteiger partial charge on any atom is 0.102 e. The molecular formula is C5H12N2O. The molecular weight excluding hydrogens is 104 g/mol. The number of nitrogens with zero attached hydrogens (tertiary/aromatic N) is 1. The molecule has 1 heterocycles. The van der Waals surface area contributed by atoms with E-state index in [1.165, 1.54) is 0 Å². The fourth-order valence-corrected chi connectivity index (χ4v) is 0.699. The summed E-state index contributed by atoms with van der Waals surface area (Å²) in [5.74, 6) is 0. The molecule has 0 atom stereocenters. The lowest BCUT2D eigenvalue weighted by Gasteiger charge is -2.25. The van der Waals surface area contributed by atoms with E-state index in [0.717, 1.165) is 19.9 Å². The minimum atomic E-state index is 0.705. The first-order valence-electron chi connectivity index (χ1n) is 2.94. The maximum atomic E-state index is 5.09. The van der Waals surface area contributed by atoms with Crippen LogP contribution in [0.5, 0.6) is 0 Å². The largest absolute Gasteiger partial charge is 0.351 e. The molecule has 1 rings (SSSR count). The first-order chi connectivity index (χ1) is 3.93. The zero-order chi connectivity index (χ0) is 5.82. The van der Waals surface area contributed by atoms with Gasteiger partial charge in [0.05, 0.1) is 13.4 Å². The standard InChI is InChI=1S/C5H12N2O/c1-2-7-3-6-4-8-5-7/h6H,2-5H2,1H3. The number of rotatable bonds is 1. The third-order valence-corrected chi connectivity index (χ3v) is 1.26. The van der Waals surface area contributed by atoms with Crippen LogP contribution in [0.2, 0.25) is 0 Å². The Morgan fingerprint density at radius 1 is 1.75 bits per heavy atom. The zero-order valence-electron chi connectivity index (χ0n) is 5.18. The van der Waals surface area contributed by atoms with Crippen LogP contribution in [0.25, 0.3) is 0 Å². The Morgan fingerprint density at radius 3 is 3.00 bits per heavy atom. The molecule has 1 fully saturated rings. The van der Waals surface area contributed by atoms with Crippen molar-refractivity contribution >= 4 is 0 Å². The predicted octanol–water partition coefficient (Wildman–Crippen LogP) is -0.199. The highest BCUT2D eigenvalue weighted by Gasteiger charge is 2.04. The Balaban J connectivity index is 2.13. The van der Waals surface area contributed by atoms with E-state index in [-0.39, 0.29) is 0 Å². The third-order valence-electron chi connectivity index (χ3n) is 1.26. The Labute approximate surface area is 49.6 Å². The van der Waals surface area contributed by atoms with Gasteiger partial charge in [-0.25, -0.2) is 0 Å². The molecule has 48 valence electrons. The molecule has 0 unspecified atom stereocenters. The van der Waals surface area contributed by atoms with Crippen LogP contribution in [0.4, 0.5) is 0 Å². The van der Waals surface area contributed by atoms with Crippen molar-refractivity contribution in [1.29, 1.82) is 0 Å². The Bertz CT molecular complexity index is 61.4. The lowest BCUT2D eigenvalue weighted by molar-refractivity contribution is -0.0289. The van der Waals surface area contributed by atoms with Crippen molar-refractivity contribution in [3.05, 3.63) is 0 Å². The Hall–Kier alpha value is -0.120. The van der Waals surface area contributed by atoms with E-state index in [0.29, 0.717) is 6.73 Å². The van der Waals surface area contributed by atoms with Gasteiger partial charge in [0, 0.05) is 0 Å². The van der Waals surface area contributed by atoms with Crippen LogP contribution in [0, 0.1) is 0 Å². The number of ether oxygens (including phenoxy) is 1. The molecule has 1 saturated heterocycles. The van der Waals surface area contributed by atoms with Gasteiger partial charge in [0.2, 0.25) is 0 Å². The molecule has 0 radical (unpaired) electrons. The summed E-state index contributed by atoms with van der Waals surface area (Å²) in [4.78, 5) is 2.18. The minimum absolute atomic E-state index is 0.705. The minimum Gasteiger partial charge on any atom is -0.351 e. The van der Waals surface area contributed by atoms with Gasteiger partial charge in [0.15, 0.2) is 0 Å². The van der Waals surface area contributed by atoms with E-state index in [1.807, 2.05) is 0 Å². The van der Waals surface area contributed by atoms with Gasteiger partial charge in [-0.05, 0) is 6.54 Å². The van der Waals surface area contributed by atoms with Gasteiger partial charge in [-0.3, -0.25) is 10.2 Å². The van der Waals surface area contributed by atoms with Crippen molar-refractivity contribution < 1.29 is 4.74 Å². The van der Waals surface area contributed by atoms with Crippen molar-refractivity contribution in [2.45, 2.75) is 6.92 Å². The highest BCUT2D eigenvalue weighted by Crippen LogP contribution is 1.89. The van der Waals surface area contributed by atoms with Crippen molar-refractivity contribution in [1.82, 2.24) is 10.2 Å². The van der Waals surface area contributed by atoms with Gasteiger partial charge < -0.3 is 4.74 Å². The quantitative estimate of drug-likeness (QED) is 0.513. The normalized spacial score (nSPS) is 23.6. The van der Waals surface area contributed by atoms with E-state index in [1.54, 1.807) is 0 Å². The van der Waals surface area contributed by atoms with Crippen LogP contribution in [0.15, 0.2) is 0 Å². The molecule has 0 aromatic carbocycles. The summed E-state index contributed by atoms with van der Waals surface area (Å²) < 4.78 is 5.09. The smallest absolute Gasteiger partial charge is 0.102 e. The van der Waals surface area contributed by atoms with Gasteiger partial charge in [0.25, 0.3) is 0 Å². The molecule has 0 aromatic heterocycles. The van der Waals surface area contributed by atoms with Crippen molar-refractivity contribution in [2.75, 3.05) is 26.7 Å². The number of hydrogen-bond acceptors (Lipinski definition) is 3. The van der Waals surface area contributed by atoms with Crippen LogP contribution in [-0.4, -0.2) is 31.6 Å². The monoisotopic (exact) mass is 116 g/mol. The van der Waals surface area contributed by atoms with E-state index in [9.17, 15) is 0 Å². The van der Waals surface area contributed by atoms with Crippen LogP contribution in [0.1, 0.15) is 6.92 Å². The summed E-state index contributed by atoms with van der Waals surface area (Å²) in [5.41, 5.74) is 0. The summed E-state index contributed by atoms with van der Waals surface area (Å²) in [5, 5.41) is 3.09. The molecule has 0 amide bonds. The van der Waals surface area contributed by atoms with Crippen molar-refractivity contribution in [3.8, 4) is 0 Å². The number of nitrogens with one attached hydrogen (secondary N) is 1. The molecule has 3 nitrogen and oxygen atoms in total. The second kappa shape index (κ2) is 3.02. The molecule has 1 N–H and O–H groups in total. The summed E-state index contributed by atoms with van der Waals surface area (Å²) in [6.45, 7) is 5.64. The van der Waals surface area contributed by atoms with Gasteiger partial charge in [-0.2, -0.15) is 0 Å². The first kappa shape index (κ1) is 6.01. The first-order valence-corrected chi connectivity index (χ1v) is 2.94. The average Bonchev–Trinajstić information content (AvgIpc) is 1.90. The molecule has 8 heavy (non-hydrogen) atoms. The summed E-state index contributed by atoms with van der Waals surface area (Å²) in [6.07, 6.45) is 0. The predicted molar refractivity (Wildman–Crippen MR) is 31.2 cm³/mol. The van der Waals surface area contributed by atoms with E-state index in [4.69, 9.17) is 4.74 Å². The van der Waals surface area contributed by atoms with Crippen LogP contribution in [0.3, 0.4) is 0 Å². The maximum absolute atomic E-state index is 5.09. The fraction of sp³-hybridized carbons (Fsp3) is 1.00. The van der Waals surface area contributed by atoms with E-state index in [2.05, 4.69) is 17.1 Å². The molecule has 0 aromatic rings. The topological polar surface area (TPSA) is 24.5 Å². The van der Waals surface area contributed by atoms with Gasteiger partial charge in [-0.1, -0.05) is 6.92 Å². The van der Waals surface area contributed by atoms with Gasteiger partial charge in [-0.15, -0.1) is 0 Å². The fourth-order valence-electron chi connectivity index (χ4n) is 0.699. The van der Waals surface area contributed by atoms with Crippen LogP contribution < -0.4 is 5.32 Å². The zero-order valence-corrected chi connectivity index (χ0v) is 5.18. The average molecular weight is 116 g/mol. The third kappa shape index (κ3) is 1.43. The lowest BCUT2D eigenvalue weighted by atomic mass is 10.6. The molecule has 0 bridgehead atoms. The van der Waals surface area contributed by atoms with E-state index >= 15 is 0 Å². The van der Waals surface area contributed by atoms with Crippen LogP contribution in [-0.2, 0) is 4.74 Å². The highest BCUT2D eigenvalue weighted by atomic mass is 16.5. The molecule has 1 aliphatic heterocycles. The molecule has 3 heteroatoms. The second-order valence-electron chi connectivity index (χ2n) is 1.87. The molecule has 1 aliphatic rings. The van der Waals surface area contributed by atoms with Crippen molar-refractivity contribution in [2.24, 2.45) is 0 Å². The summed E-state index contributed by atoms with van der Waals surface area (Å²) >= 11 is 0. The molecule has 0 aliphatic carbocycles. The Morgan fingerprint density at radius 2 is 2.62 bits per heavy atom. The number of hydrogen-bond donors (Lipinski definition) is 1. The van der Waals surface area contributed by atoms with Crippen molar-refractivity contribution in [3.63, 3.8) is 0 Å². The molecule has 0 spiro atoms. The highest BCUT2D eigenvalue weighted by molar-refractivity contribution is 4.49. The summed E-state index contributed by atoms with van der Waals surface area (Å²) in [6, 6.07) is 0. The van der Waals surface area contributed by atoms with Gasteiger partial charge >= 0.3 is 0 Å². The second-order valence-corrected chi connectivity index (χ2v) is 1.87. The van der Waals surface area contributed by atoms with E-state index < -0.39 is 0 Å². The Kier molecular flexibility index (Phi) is 2.27. The summed E-state index contributed by atoms with van der Waals surface area (Å²) in [7, 11) is 0. The lowest BCUT2D eigenvalue weighted by Crippen LogP contribution is -2.42. The SMILES string of the molecule is CCN1CNCOC1. The molecule has 0 saturated carbocycles. The van der Waals surface area contributed by atoms with Gasteiger partial charge in [0.1, 0.15) is 6.73 Å². The van der Waals surface area contributed by atoms with Crippen LogP contribution >= 0.6 is 0 Å².